The van der Waals surface area contributed by atoms with E-state index in [1.54, 1.807) is 0 Å². The molecule has 1 saturated heterocycles. The molecule has 0 N–H and O–H groups in total. The van der Waals surface area contributed by atoms with Gasteiger partial charge in [-0.25, -0.2) is 4.90 Å². The van der Waals surface area contributed by atoms with Crippen LogP contribution in [0.4, 0.5) is 5.69 Å². The molecule has 3 aliphatic carbocycles. The van der Waals surface area contributed by atoms with E-state index in [0.717, 1.165) is 3.57 Å². The van der Waals surface area contributed by atoms with Crippen molar-refractivity contribution in [3.05, 3.63) is 98.6 Å². The Morgan fingerprint density at radius 2 is 1.45 bits per heavy atom. The average molecular weight is 491 g/mol. The van der Waals surface area contributed by atoms with Gasteiger partial charge < -0.3 is 0 Å². The Labute approximate surface area is 182 Å². The van der Waals surface area contributed by atoms with Gasteiger partial charge in [0.15, 0.2) is 0 Å². The Bertz CT molecular complexity index is 1170. The highest BCUT2D eigenvalue weighted by Gasteiger charge is 2.66. The third kappa shape index (κ3) is 2.03. The highest BCUT2D eigenvalue weighted by atomic mass is 127. The van der Waals surface area contributed by atoms with Crippen molar-refractivity contribution < 1.29 is 9.59 Å². The van der Waals surface area contributed by atoms with Crippen molar-refractivity contribution in [3.8, 4) is 0 Å². The van der Waals surface area contributed by atoms with E-state index in [4.69, 9.17) is 0 Å². The van der Waals surface area contributed by atoms with Crippen molar-refractivity contribution in [1.82, 2.24) is 0 Å². The lowest BCUT2D eigenvalue weighted by atomic mass is 9.48. The molecular weight excluding hydrogens is 473 g/mol. The maximum Gasteiger partial charge on any atom is 0.238 e. The van der Waals surface area contributed by atoms with E-state index in [1.807, 2.05) is 48.5 Å². The second-order valence-electron chi connectivity index (χ2n) is 8.35. The molecule has 142 valence electrons. The van der Waals surface area contributed by atoms with Gasteiger partial charge in [0.2, 0.25) is 11.8 Å². The summed E-state index contributed by atoms with van der Waals surface area (Å²) in [6.07, 6.45) is 0. The van der Waals surface area contributed by atoms with E-state index in [1.165, 1.54) is 27.2 Å². The van der Waals surface area contributed by atoms with Gasteiger partial charge in [-0.05, 0) is 63.0 Å². The lowest BCUT2D eigenvalue weighted by Gasteiger charge is -2.52. The molecule has 0 aromatic heterocycles. The molecule has 2 amide bonds. The van der Waals surface area contributed by atoms with Crippen molar-refractivity contribution in [3.63, 3.8) is 0 Å². The Morgan fingerprint density at radius 1 is 0.828 bits per heavy atom. The Kier molecular flexibility index (Phi) is 3.47. The Morgan fingerprint density at radius 3 is 2.07 bits per heavy atom. The quantitative estimate of drug-likeness (QED) is 0.360. The first kappa shape index (κ1) is 17.4. The number of hydrogen-bond donors (Lipinski definition) is 0. The summed E-state index contributed by atoms with van der Waals surface area (Å²) in [5.74, 6) is -0.933. The summed E-state index contributed by atoms with van der Waals surface area (Å²) in [6.45, 7) is 2.15. The van der Waals surface area contributed by atoms with Crippen LogP contribution in [-0.2, 0) is 15.0 Å². The van der Waals surface area contributed by atoms with Crippen molar-refractivity contribution >= 4 is 40.1 Å². The molecule has 7 rings (SSSR count). The molecule has 0 radical (unpaired) electrons. The second kappa shape index (κ2) is 5.79. The molecule has 0 saturated carbocycles. The molecule has 1 aliphatic heterocycles. The number of nitrogens with zero attached hydrogens (tertiary/aromatic N) is 1. The van der Waals surface area contributed by atoms with Gasteiger partial charge in [-0.15, -0.1) is 0 Å². The molecule has 3 nitrogen and oxygen atoms in total. The van der Waals surface area contributed by atoms with Gasteiger partial charge >= 0.3 is 0 Å². The van der Waals surface area contributed by atoms with Crippen LogP contribution in [0, 0.1) is 15.4 Å². The third-order valence-electron chi connectivity index (χ3n) is 7.11. The van der Waals surface area contributed by atoms with Gasteiger partial charge in [0.1, 0.15) is 0 Å². The van der Waals surface area contributed by atoms with Crippen LogP contribution >= 0.6 is 22.6 Å². The lowest BCUT2D eigenvalue weighted by Crippen LogP contribution is -2.51. The SMILES string of the molecule is CC12c3ccccc3C(c3ccccc31)C1C(=O)N(c3cccc(I)c3)C(=O)C12. The number of carbonyl (C=O) groups is 2. The number of hydrogen-bond acceptors (Lipinski definition) is 2. The summed E-state index contributed by atoms with van der Waals surface area (Å²) in [4.78, 5) is 28.9. The van der Waals surface area contributed by atoms with E-state index < -0.39 is 5.41 Å². The van der Waals surface area contributed by atoms with Crippen LogP contribution in [0.3, 0.4) is 0 Å². The van der Waals surface area contributed by atoms with Crippen LogP contribution in [0.1, 0.15) is 35.1 Å². The van der Waals surface area contributed by atoms with Gasteiger partial charge in [0.05, 0.1) is 17.5 Å². The first-order valence-electron chi connectivity index (χ1n) is 9.85. The molecule has 1 heterocycles. The van der Waals surface area contributed by atoms with Gasteiger partial charge in [-0.2, -0.15) is 0 Å². The lowest BCUT2D eigenvalue weighted by molar-refractivity contribution is -0.123. The summed E-state index contributed by atoms with van der Waals surface area (Å²) >= 11 is 2.22. The van der Waals surface area contributed by atoms with Crippen molar-refractivity contribution in [2.45, 2.75) is 18.3 Å². The van der Waals surface area contributed by atoms with Crippen LogP contribution in [-0.4, -0.2) is 11.8 Å². The van der Waals surface area contributed by atoms with Crippen LogP contribution in [0.25, 0.3) is 0 Å². The molecule has 29 heavy (non-hydrogen) atoms. The maximum absolute atomic E-state index is 13.8. The maximum atomic E-state index is 13.8. The molecular formula is C25H18INO2. The van der Waals surface area contributed by atoms with Crippen LogP contribution < -0.4 is 4.90 Å². The number of halogens is 1. The highest BCUT2D eigenvalue weighted by Crippen LogP contribution is 2.64. The molecule has 2 atom stereocenters. The minimum absolute atomic E-state index is 0.0674. The molecule has 1 fully saturated rings. The fourth-order valence-corrected chi connectivity index (χ4v) is 6.55. The predicted molar refractivity (Wildman–Crippen MR) is 120 cm³/mol. The first-order chi connectivity index (χ1) is 14.0. The van der Waals surface area contributed by atoms with Crippen molar-refractivity contribution in [2.24, 2.45) is 11.8 Å². The highest BCUT2D eigenvalue weighted by molar-refractivity contribution is 14.1. The third-order valence-corrected chi connectivity index (χ3v) is 7.78. The fourth-order valence-electron chi connectivity index (χ4n) is 6.02. The normalized spacial score (nSPS) is 28.9. The minimum Gasteiger partial charge on any atom is -0.274 e. The van der Waals surface area contributed by atoms with E-state index in [9.17, 15) is 9.59 Å². The second-order valence-corrected chi connectivity index (χ2v) is 9.60. The van der Waals surface area contributed by atoms with E-state index >= 15 is 0 Å². The fraction of sp³-hybridized carbons (Fsp3) is 0.200. The summed E-state index contributed by atoms with van der Waals surface area (Å²) in [7, 11) is 0. The summed E-state index contributed by atoms with van der Waals surface area (Å²) in [5.41, 5.74) is 4.94. The topological polar surface area (TPSA) is 37.4 Å². The Hall–Kier alpha value is -2.47. The van der Waals surface area contributed by atoms with E-state index in [-0.39, 0.29) is 29.6 Å². The predicted octanol–water partition coefficient (Wildman–Crippen LogP) is 4.86. The Balaban J connectivity index is 1.63. The molecule has 2 unspecified atom stereocenters. The minimum atomic E-state index is -0.504. The molecule has 4 aliphatic rings. The standard InChI is InChI=1S/C25H18INO2/c1-25-18-11-4-2-9-16(18)20(17-10-3-5-12-19(17)25)21-22(25)24(29)27(23(21)28)15-8-6-7-14(26)13-15/h2-13,20-22H,1H3. The largest absolute Gasteiger partial charge is 0.274 e. The van der Waals surface area contributed by atoms with Crippen LogP contribution in [0.15, 0.2) is 72.8 Å². The average Bonchev–Trinajstić information content (AvgIpc) is 3.00. The van der Waals surface area contributed by atoms with Gasteiger partial charge in [0, 0.05) is 14.9 Å². The number of anilines is 1. The zero-order valence-corrected chi connectivity index (χ0v) is 18.0. The van der Waals surface area contributed by atoms with E-state index in [2.05, 4.69) is 53.8 Å². The van der Waals surface area contributed by atoms with Crippen LogP contribution in [0.2, 0.25) is 0 Å². The van der Waals surface area contributed by atoms with Gasteiger partial charge in [-0.3, -0.25) is 9.59 Å². The first-order valence-corrected chi connectivity index (χ1v) is 10.9. The molecule has 0 spiro atoms. The van der Waals surface area contributed by atoms with Gasteiger partial charge in [0.25, 0.3) is 0 Å². The molecule has 4 heteroatoms. The molecule has 3 aromatic carbocycles. The summed E-state index contributed by atoms with van der Waals surface area (Å²) in [6, 6.07) is 24.4. The number of rotatable bonds is 1. The zero-order valence-electron chi connectivity index (χ0n) is 15.8. The monoisotopic (exact) mass is 491 g/mol. The smallest absolute Gasteiger partial charge is 0.238 e. The van der Waals surface area contributed by atoms with Gasteiger partial charge in [-0.1, -0.05) is 61.5 Å². The number of benzene rings is 3. The number of imide groups is 1. The number of carbonyl (C=O) groups excluding carboxylic acids is 2. The summed E-state index contributed by atoms with van der Waals surface area (Å²) < 4.78 is 1.01. The molecule has 3 aromatic rings. The van der Waals surface area contributed by atoms with E-state index in [0.29, 0.717) is 5.69 Å². The van der Waals surface area contributed by atoms with Crippen LogP contribution in [0.5, 0.6) is 0 Å². The van der Waals surface area contributed by atoms with Crippen molar-refractivity contribution in [1.29, 1.82) is 0 Å². The van der Waals surface area contributed by atoms with Crippen molar-refractivity contribution in [2.75, 3.05) is 4.90 Å². The molecule has 2 bridgehead atoms. The zero-order chi connectivity index (χ0) is 19.9. The summed E-state index contributed by atoms with van der Waals surface area (Å²) in [5, 5.41) is 0. The number of amides is 2.